The first-order chi connectivity index (χ1) is 14.9. The molecule has 2 N–H and O–H groups in total. The maximum absolute atomic E-state index is 14.4. The minimum absolute atomic E-state index is 0.0911. The summed E-state index contributed by atoms with van der Waals surface area (Å²) in [6.45, 7) is 3.08. The van der Waals surface area contributed by atoms with E-state index in [1.54, 1.807) is 19.3 Å². The van der Waals surface area contributed by atoms with E-state index in [-0.39, 0.29) is 11.5 Å². The van der Waals surface area contributed by atoms with Crippen molar-refractivity contribution in [2.24, 2.45) is 5.92 Å². The van der Waals surface area contributed by atoms with Crippen LogP contribution in [0.4, 0.5) is 16.0 Å². The van der Waals surface area contributed by atoms with E-state index in [1.165, 1.54) is 18.2 Å². The number of benzene rings is 1. The first kappa shape index (κ1) is 20.4. The van der Waals surface area contributed by atoms with Crippen LogP contribution in [-0.4, -0.2) is 39.2 Å². The Hall–Kier alpha value is -2.51. The highest BCUT2D eigenvalue weighted by Crippen LogP contribution is 2.40. The lowest BCUT2D eigenvalue weighted by atomic mass is 9.77. The van der Waals surface area contributed by atoms with Gasteiger partial charge in [-0.1, -0.05) is 11.6 Å². The fourth-order valence-electron chi connectivity index (χ4n) is 4.39. The van der Waals surface area contributed by atoms with E-state index in [9.17, 15) is 9.50 Å². The number of nitrogens with zero attached hydrogens (tertiary/aromatic N) is 4. The average molecular weight is 442 g/mol. The Balaban J connectivity index is 1.39. The Labute approximate surface area is 185 Å². The molecule has 1 saturated carbocycles. The molecular formula is C23H25ClFN5O. The largest absolute Gasteiger partial charge is 0.385 e. The molecule has 3 heterocycles. The molecule has 1 saturated heterocycles. The summed E-state index contributed by atoms with van der Waals surface area (Å²) >= 11 is 6.06. The Bertz CT molecular complexity index is 1110. The molecule has 1 atom stereocenters. The summed E-state index contributed by atoms with van der Waals surface area (Å²) in [5.41, 5.74) is 0.533. The van der Waals surface area contributed by atoms with Gasteiger partial charge in [-0.25, -0.2) is 14.4 Å². The molecule has 0 spiro atoms. The molecule has 2 fully saturated rings. The lowest BCUT2D eigenvalue weighted by molar-refractivity contribution is -0.0191. The van der Waals surface area contributed by atoms with Crippen molar-refractivity contribution in [3.8, 4) is 0 Å². The fraction of sp³-hybridized carbons (Fsp3) is 0.435. The number of halogens is 2. The number of nitrogens with one attached hydrogen (secondary N) is 1. The molecule has 0 amide bonds. The molecular weight excluding hydrogens is 417 g/mol. The molecule has 8 heteroatoms. The predicted molar refractivity (Wildman–Crippen MR) is 120 cm³/mol. The third-order valence-electron chi connectivity index (χ3n) is 6.43. The van der Waals surface area contributed by atoms with Crippen LogP contribution in [0.2, 0.25) is 5.02 Å². The van der Waals surface area contributed by atoms with E-state index in [2.05, 4.69) is 15.2 Å². The molecule has 0 radical (unpaired) electrons. The van der Waals surface area contributed by atoms with Crippen LogP contribution in [0.25, 0.3) is 11.0 Å². The highest BCUT2D eigenvalue weighted by Gasteiger charge is 2.39. The minimum Gasteiger partial charge on any atom is -0.385 e. The van der Waals surface area contributed by atoms with Crippen LogP contribution in [0.3, 0.4) is 0 Å². The van der Waals surface area contributed by atoms with Gasteiger partial charge in [-0.05, 0) is 62.8 Å². The van der Waals surface area contributed by atoms with Gasteiger partial charge in [0.1, 0.15) is 11.3 Å². The van der Waals surface area contributed by atoms with E-state index in [4.69, 9.17) is 21.6 Å². The van der Waals surface area contributed by atoms with E-state index < -0.39 is 11.4 Å². The first-order valence-corrected chi connectivity index (χ1v) is 11.1. The standard InChI is InChI=1S/C23H25ClFN5O/c1-23(31,17-12-15(24)2-5-18(17)25)14-7-10-30(11-8-14)22-21(27-16-3-4-16)28-19-6-9-26-13-20(19)29-22/h2,5-6,9,12-14,16,31H,3-4,7-8,10-11H2,1H3,(H,27,28). The zero-order valence-corrected chi connectivity index (χ0v) is 18.1. The van der Waals surface area contributed by atoms with Gasteiger partial charge >= 0.3 is 0 Å². The molecule has 2 aliphatic rings. The maximum atomic E-state index is 14.4. The van der Waals surface area contributed by atoms with E-state index in [1.807, 2.05) is 6.07 Å². The van der Waals surface area contributed by atoms with Crippen LogP contribution in [0.15, 0.2) is 36.7 Å². The van der Waals surface area contributed by atoms with Crippen molar-refractivity contribution in [2.45, 2.75) is 44.2 Å². The minimum atomic E-state index is -1.30. The van der Waals surface area contributed by atoms with Gasteiger partial charge in [0.25, 0.3) is 0 Å². The fourth-order valence-corrected chi connectivity index (χ4v) is 4.57. The molecule has 3 aromatic rings. The van der Waals surface area contributed by atoms with Gasteiger partial charge in [-0.2, -0.15) is 0 Å². The van der Waals surface area contributed by atoms with Crippen molar-refractivity contribution < 1.29 is 9.50 Å². The second-order valence-electron chi connectivity index (χ2n) is 8.71. The molecule has 6 nitrogen and oxygen atoms in total. The van der Waals surface area contributed by atoms with E-state index in [0.717, 1.165) is 35.5 Å². The maximum Gasteiger partial charge on any atom is 0.172 e. The van der Waals surface area contributed by atoms with Gasteiger partial charge in [0.05, 0.1) is 17.3 Å². The predicted octanol–water partition coefficient (Wildman–Crippen LogP) is 4.52. The van der Waals surface area contributed by atoms with Crippen molar-refractivity contribution in [2.75, 3.05) is 23.3 Å². The van der Waals surface area contributed by atoms with E-state index in [0.29, 0.717) is 37.0 Å². The topological polar surface area (TPSA) is 74.2 Å². The van der Waals surface area contributed by atoms with Crippen molar-refractivity contribution in [1.29, 1.82) is 0 Å². The summed E-state index contributed by atoms with van der Waals surface area (Å²) in [4.78, 5) is 16.0. The quantitative estimate of drug-likeness (QED) is 0.606. The van der Waals surface area contributed by atoms with Crippen LogP contribution >= 0.6 is 11.6 Å². The van der Waals surface area contributed by atoms with Crippen LogP contribution in [0, 0.1) is 11.7 Å². The molecule has 1 aromatic carbocycles. The summed E-state index contributed by atoms with van der Waals surface area (Å²) < 4.78 is 14.4. The van der Waals surface area contributed by atoms with Crippen molar-refractivity contribution in [3.63, 3.8) is 0 Å². The number of hydrogen-bond donors (Lipinski definition) is 2. The molecule has 2 aromatic heterocycles. The monoisotopic (exact) mass is 441 g/mol. The highest BCUT2D eigenvalue weighted by molar-refractivity contribution is 6.30. The molecule has 1 aliphatic carbocycles. The summed E-state index contributed by atoms with van der Waals surface area (Å²) in [6, 6.07) is 6.67. The Kier molecular flexibility index (Phi) is 5.18. The van der Waals surface area contributed by atoms with Gasteiger partial charge in [-0.3, -0.25) is 4.98 Å². The van der Waals surface area contributed by atoms with Gasteiger partial charge in [0.2, 0.25) is 0 Å². The van der Waals surface area contributed by atoms with E-state index >= 15 is 0 Å². The molecule has 1 unspecified atom stereocenters. The molecule has 31 heavy (non-hydrogen) atoms. The van der Waals surface area contributed by atoms with Gasteiger partial charge < -0.3 is 15.3 Å². The Morgan fingerprint density at radius 3 is 2.65 bits per heavy atom. The second-order valence-corrected chi connectivity index (χ2v) is 9.15. The molecule has 0 bridgehead atoms. The number of piperidine rings is 1. The SMILES string of the molecule is CC(O)(c1cc(Cl)ccc1F)C1CCN(c2nc3cnccc3nc2NC2CC2)CC1. The molecule has 5 rings (SSSR count). The second kappa shape index (κ2) is 7.88. The summed E-state index contributed by atoms with van der Waals surface area (Å²) in [7, 11) is 0. The van der Waals surface area contributed by atoms with Gasteiger partial charge in [0, 0.05) is 35.9 Å². The lowest BCUT2D eigenvalue weighted by Gasteiger charge is -2.40. The zero-order chi connectivity index (χ0) is 21.6. The van der Waals surface area contributed by atoms with Crippen molar-refractivity contribution >= 4 is 34.3 Å². The van der Waals surface area contributed by atoms with Gasteiger partial charge in [-0.15, -0.1) is 0 Å². The first-order valence-electron chi connectivity index (χ1n) is 10.7. The van der Waals surface area contributed by atoms with Crippen molar-refractivity contribution in [3.05, 3.63) is 53.1 Å². The summed E-state index contributed by atoms with van der Waals surface area (Å²) in [5, 5.41) is 15.2. The van der Waals surface area contributed by atoms with Crippen LogP contribution in [0.1, 0.15) is 38.2 Å². The third kappa shape index (κ3) is 4.04. The number of pyridine rings is 1. The smallest absolute Gasteiger partial charge is 0.172 e. The van der Waals surface area contributed by atoms with Crippen LogP contribution in [0.5, 0.6) is 0 Å². The number of aliphatic hydroxyl groups is 1. The number of hydrogen-bond acceptors (Lipinski definition) is 6. The number of fused-ring (bicyclic) bond motifs is 1. The van der Waals surface area contributed by atoms with Crippen LogP contribution in [-0.2, 0) is 5.60 Å². The Morgan fingerprint density at radius 1 is 1.13 bits per heavy atom. The van der Waals surface area contributed by atoms with Crippen molar-refractivity contribution in [1.82, 2.24) is 15.0 Å². The molecule has 1 aliphatic heterocycles. The van der Waals surface area contributed by atoms with Crippen LogP contribution < -0.4 is 10.2 Å². The lowest BCUT2D eigenvalue weighted by Crippen LogP contribution is -2.43. The number of aromatic nitrogens is 3. The molecule has 162 valence electrons. The Morgan fingerprint density at radius 2 is 1.90 bits per heavy atom. The highest BCUT2D eigenvalue weighted by atomic mass is 35.5. The number of anilines is 2. The average Bonchev–Trinajstić information content (AvgIpc) is 3.59. The van der Waals surface area contributed by atoms with Gasteiger partial charge in [0.15, 0.2) is 11.6 Å². The summed E-state index contributed by atoms with van der Waals surface area (Å²) in [6.07, 6.45) is 7.15. The summed E-state index contributed by atoms with van der Waals surface area (Å²) in [5.74, 6) is 1.10. The third-order valence-corrected chi connectivity index (χ3v) is 6.66. The normalized spacial score (nSPS) is 19.4. The zero-order valence-electron chi connectivity index (χ0n) is 17.4. The number of rotatable bonds is 5.